The third kappa shape index (κ3) is 4.91. The number of hydrogen-bond acceptors (Lipinski definition) is 4. The highest BCUT2D eigenvalue weighted by molar-refractivity contribution is 7.92. The summed E-state index contributed by atoms with van der Waals surface area (Å²) >= 11 is 0. The Kier molecular flexibility index (Phi) is 5.84. The van der Waals surface area contributed by atoms with Crippen molar-refractivity contribution in [3.8, 4) is 0 Å². The summed E-state index contributed by atoms with van der Waals surface area (Å²) in [4.78, 5) is 14.3. The molecule has 3 aromatic rings. The molecular formula is C21H20FN3O3S. The fourth-order valence-corrected chi connectivity index (χ4v) is 3.65. The van der Waals surface area contributed by atoms with Crippen LogP contribution in [-0.2, 0) is 10.0 Å². The second kappa shape index (κ2) is 8.32. The molecule has 1 amide bonds. The van der Waals surface area contributed by atoms with Crippen LogP contribution in [0.15, 0.2) is 77.7 Å². The highest BCUT2D eigenvalue weighted by Gasteiger charge is 2.17. The minimum absolute atomic E-state index is 0.0763. The molecule has 3 rings (SSSR count). The first-order valence-corrected chi connectivity index (χ1v) is 10.2. The Labute approximate surface area is 169 Å². The van der Waals surface area contributed by atoms with E-state index in [2.05, 4.69) is 10.0 Å². The van der Waals surface area contributed by atoms with E-state index in [4.69, 9.17) is 0 Å². The number of carbonyl (C=O) groups excluding carboxylic acids is 1. The molecule has 0 atom stereocenters. The molecule has 0 radical (unpaired) electrons. The molecule has 29 heavy (non-hydrogen) atoms. The van der Waals surface area contributed by atoms with Crippen molar-refractivity contribution in [2.24, 2.45) is 0 Å². The van der Waals surface area contributed by atoms with Crippen molar-refractivity contribution >= 4 is 33.0 Å². The normalized spacial score (nSPS) is 11.0. The van der Waals surface area contributed by atoms with E-state index in [0.717, 1.165) is 11.8 Å². The zero-order chi connectivity index (χ0) is 21.0. The molecule has 0 unspecified atom stereocenters. The topological polar surface area (TPSA) is 78.5 Å². The largest absolute Gasteiger partial charge is 0.378 e. The maximum Gasteiger partial charge on any atom is 0.261 e. The van der Waals surface area contributed by atoms with E-state index in [1.165, 1.54) is 42.5 Å². The average molecular weight is 413 g/mol. The Morgan fingerprint density at radius 1 is 0.897 bits per heavy atom. The van der Waals surface area contributed by atoms with E-state index in [0.29, 0.717) is 11.3 Å². The van der Waals surface area contributed by atoms with Crippen molar-refractivity contribution in [2.45, 2.75) is 4.90 Å². The Hall–Kier alpha value is -3.39. The second-order valence-corrected chi connectivity index (χ2v) is 8.19. The first-order chi connectivity index (χ1) is 13.8. The minimum Gasteiger partial charge on any atom is -0.378 e. The maximum atomic E-state index is 13.7. The van der Waals surface area contributed by atoms with Gasteiger partial charge in [-0.2, -0.15) is 0 Å². The van der Waals surface area contributed by atoms with Crippen LogP contribution in [0.3, 0.4) is 0 Å². The molecular weight excluding hydrogens is 393 g/mol. The number of amides is 1. The smallest absolute Gasteiger partial charge is 0.261 e. The Morgan fingerprint density at radius 2 is 1.52 bits per heavy atom. The number of halogens is 1. The molecule has 8 heteroatoms. The molecule has 6 nitrogen and oxygen atoms in total. The average Bonchev–Trinajstić information content (AvgIpc) is 2.70. The van der Waals surface area contributed by atoms with Crippen molar-refractivity contribution in [1.29, 1.82) is 0 Å². The molecule has 0 spiro atoms. The first kappa shape index (κ1) is 20.3. The van der Waals surface area contributed by atoms with Crippen molar-refractivity contribution in [3.05, 3.63) is 84.2 Å². The Morgan fingerprint density at radius 3 is 2.10 bits per heavy atom. The monoisotopic (exact) mass is 413 g/mol. The van der Waals surface area contributed by atoms with E-state index in [-0.39, 0.29) is 16.5 Å². The number of hydrogen-bond donors (Lipinski definition) is 2. The molecule has 0 fully saturated rings. The van der Waals surface area contributed by atoms with Crippen molar-refractivity contribution in [2.75, 3.05) is 29.0 Å². The first-order valence-electron chi connectivity index (χ1n) is 8.72. The molecule has 0 aliphatic rings. The van der Waals surface area contributed by atoms with E-state index >= 15 is 0 Å². The SMILES string of the molecule is CN(C)c1ccc(NC(=O)c2ccc(S(=O)(=O)Nc3ccccc3F)cc2)cc1. The van der Waals surface area contributed by atoms with Crippen LogP contribution in [0.4, 0.5) is 21.5 Å². The molecule has 0 heterocycles. The summed E-state index contributed by atoms with van der Waals surface area (Å²) in [7, 11) is -0.135. The summed E-state index contributed by atoms with van der Waals surface area (Å²) in [5.41, 5.74) is 1.78. The third-order valence-corrected chi connectivity index (χ3v) is 5.57. The predicted octanol–water partition coefficient (Wildman–Crippen LogP) is 3.94. The number of carbonyl (C=O) groups is 1. The molecule has 2 N–H and O–H groups in total. The van der Waals surface area contributed by atoms with Crippen LogP contribution in [0.1, 0.15) is 10.4 Å². The molecule has 150 valence electrons. The Balaban J connectivity index is 1.72. The zero-order valence-electron chi connectivity index (χ0n) is 15.9. The van der Waals surface area contributed by atoms with Crippen LogP contribution in [0.25, 0.3) is 0 Å². The van der Waals surface area contributed by atoms with Gasteiger partial charge in [0.05, 0.1) is 10.6 Å². The highest BCUT2D eigenvalue weighted by Crippen LogP contribution is 2.20. The lowest BCUT2D eigenvalue weighted by Crippen LogP contribution is -2.15. The van der Waals surface area contributed by atoms with Gasteiger partial charge in [0.15, 0.2) is 0 Å². The maximum absolute atomic E-state index is 13.7. The molecule has 0 aliphatic heterocycles. The quantitative estimate of drug-likeness (QED) is 0.642. The van der Waals surface area contributed by atoms with Gasteiger partial charge in [-0.25, -0.2) is 12.8 Å². The van der Waals surface area contributed by atoms with Crippen LogP contribution in [0, 0.1) is 5.82 Å². The molecule has 0 aliphatic carbocycles. The van der Waals surface area contributed by atoms with Gasteiger partial charge in [0.25, 0.3) is 15.9 Å². The predicted molar refractivity (Wildman–Crippen MR) is 112 cm³/mol. The van der Waals surface area contributed by atoms with E-state index in [1.54, 1.807) is 12.1 Å². The molecule has 3 aromatic carbocycles. The summed E-state index contributed by atoms with van der Waals surface area (Å²) < 4.78 is 40.8. The number of para-hydroxylation sites is 1. The van der Waals surface area contributed by atoms with Gasteiger partial charge in [-0.15, -0.1) is 0 Å². The lowest BCUT2D eigenvalue weighted by molar-refractivity contribution is 0.102. The zero-order valence-corrected chi connectivity index (χ0v) is 16.7. The third-order valence-electron chi connectivity index (χ3n) is 4.19. The van der Waals surface area contributed by atoms with Crippen LogP contribution in [-0.4, -0.2) is 28.4 Å². The van der Waals surface area contributed by atoms with Gasteiger partial charge in [-0.1, -0.05) is 12.1 Å². The molecule has 0 saturated carbocycles. The van der Waals surface area contributed by atoms with E-state index in [9.17, 15) is 17.6 Å². The fourth-order valence-electron chi connectivity index (χ4n) is 2.58. The molecule has 0 aromatic heterocycles. The van der Waals surface area contributed by atoms with Crippen molar-refractivity contribution < 1.29 is 17.6 Å². The number of benzene rings is 3. The van der Waals surface area contributed by atoms with E-state index in [1.807, 2.05) is 31.1 Å². The number of nitrogens with zero attached hydrogens (tertiary/aromatic N) is 1. The van der Waals surface area contributed by atoms with Crippen LogP contribution < -0.4 is 14.9 Å². The van der Waals surface area contributed by atoms with Crippen molar-refractivity contribution in [1.82, 2.24) is 0 Å². The second-order valence-electron chi connectivity index (χ2n) is 6.51. The molecule has 0 saturated heterocycles. The van der Waals surface area contributed by atoms with Crippen LogP contribution >= 0.6 is 0 Å². The number of nitrogens with one attached hydrogen (secondary N) is 2. The van der Waals surface area contributed by atoms with Gasteiger partial charge in [0, 0.05) is 31.0 Å². The number of anilines is 3. The number of rotatable bonds is 6. The standard InChI is InChI=1S/C21H20FN3O3S/c1-25(2)17-11-9-16(10-12-17)23-21(26)15-7-13-18(14-8-15)29(27,28)24-20-6-4-3-5-19(20)22/h3-14,24H,1-2H3,(H,23,26). The van der Waals surface area contributed by atoms with Gasteiger partial charge in [-0.3, -0.25) is 9.52 Å². The summed E-state index contributed by atoms with van der Waals surface area (Å²) in [6.45, 7) is 0. The molecule has 0 bridgehead atoms. The Bertz CT molecular complexity index is 1110. The lowest BCUT2D eigenvalue weighted by Gasteiger charge is -2.13. The van der Waals surface area contributed by atoms with Gasteiger partial charge in [0.1, 0.15) is 5.82 Å². The fraction of sp³-hybridized carbons (Fsp3) is 0.0952. The lowest BCUT2D eigenvalue weighted by atomic mass is 10.2. The van der Waals surface area contributed by atoms with E-state index < -0.39 is 15.8 Å². The van der Waals surface area contributed by atoms with Crippen LogP contribution in [0.2, 0.25) is 0 Å². The summed E-state index contributed by atoms with van der Waals surface area (Å²) in [6, 6.07) is 18.2. The number of sulfonamides is 1. The highest BCUT2D eigenvalue weighted by atomic mass is 32.2. The minimum atomic E-state index is -3.98. The summed E-state index contributed by atoms with van der Waals surface area (Å²) in [6.07, 6.45) is 0. The van der Waals surface area contributed by atoms with Gasteiger partial charge in [0.2, 0.25) is 0 Å². The summed E-state index contributed by atoms with van der Waals surface area (Å²) in [5.74, 6) is -1.04. The van der Waals surface area contributed by atoms with Crippen LogP contribution in [0.5, 0.6) is 0 Å². The summed E-state index contributed by atoms with van der Waals surface area (Å²) in [5, 5.41) is 2.76. The van der Waals surface area contributed by atoms with Gasteiger partial charge < -0.3 is 10.2 Å². The van der Waals surface area contributed by atoms with Crippen molar-refractivity contribution in [3.63, 3.8) is 0 Å². The van der Waals surface area contributed by atoms with Gasteiger partial charge >= 0.3 is 0 Å². The van der Waals surface area contributed by atoms with Gasteiger partial charge in [-0.05, 0) is 60.7 Å².